The minimum Gasteiger partial charge on any atom is -0.342 e. The van der Waals surface area contributed by atoms with Crippen LogP contribution in [0.4, 0.5) is 0 Å². The molecule has 0 saturated carbocycles. The van der Waals surface area contributed by atoms with E-state index in [-0.39, 0.29) is 6.61 Å². The monoisotopic (exact) mass is 457 g/mol. The van der Waals surface area contributed by atoms with Crippen LogP contribution in [0, 0.1) is 0 Å². The third-order valence-electron chi connectivity index (χ3n) is 5.01. The first-order valence-electron chi connectivity index (χ1n) is 11.2. The van der Waals surface area contributed by atoms with Crippen LogP contribution in [0.15, 0.2) is 77.8 Å². The Morgan fingerprint density at radius 1 is 0.938 bits per heavy atom. The Labute approximate surface area is 193 Å². The third-order valence-corrected chi connectivity index (χ3v) is 8.12. The molecule has 0 N–H and O–H groups in total. The van der Waals surface area contributed by atoms with Crippen LogP contribution in [-0.4, -0.2) is 36.8 Å². The normalized spacial score (nSPS) is 14.4. The first kappa shape index (κ1) is 26.2. The van der Waals surface area contributed by atoms with E-state index in [0.717, 1.165) is 22.4 Å². The Balaban J connectivity index is 2.75. The quantitative estimate of drug-likeness (QED) is 0.142. The van der Waals surface area contributed by atoms with E-state index in [2.05, 4.69) is 6.58 Å². The van der Waals surface area contributed by atoms with E-state index >= 15 is 0 Å². The van der Waals surface area contributed by atoms with Crippen LogP contribution in [0.2, 0.25) is 0 Å². The fraction of sp³-hybridized carbons (Fsp3) is 0.423. The van der Waals surface area contributed by atoms with Crippen molar-refractivity contribution in [1.82, 2.24) is 0 Å². The minimum atomic E-state index is -3.63. The van der Waals surface area contributed by atoms with Crippen molar-refractivity contribution in [2.45, 2.75) is 52.4 Å². The Kier molecular flexibility index (Phi) is 10.0. The number of benzene rings is 2. The number of rotatable bonds is 13. The van der Waals surface area contributed by atoms with E-state index in [0.29, 0.717) is 19.6 Å². The van der Waals surface area contributed by atoms with Crippen LogP contribution in [0.1, 0.15) is 52.2 Å². The van der Waals surface area contributed by atoms with E-state index in [9.17, 15) is 4.57 Å². The second kappa shape index (κ2) is 12.3. The molecule has 0 bridgehead atoms. The molecule has 0 saturated heterocycles. The number of aliphatic imine (C=N–C) groups is 1. The second-order valence-electron chi connectivity index (χ2n) is 7.63. The standard InChI is InChI=1S/C26H36NO4P/c1-7-29-26(6,30-8-2)32(28,31-9-3)24(20-21(4)5)27-25(22-16-12-10-13-17-22)23-18-14-11-15-19-23/h10-19,24H,4,7-9,20H2,1-3,5-6H3/t24-,32?/m0/s1. The molecule has 0 aromatic heterocycles. The fourth-order valence-electron chi connectivity index (χ4n) is 3.63. The maximum Gasteiger partial charge on any atom is 0.284 e. The van der Waals surface area contributed by atoms with Gasteiger partial charge in [-0.15, -0.1) is 6.58 Å². The zero-order valence-corrected chi connectivity index (χ0v) is 20.8. The Bertz CT molecular complexity index is 880. The fourth-order valence-corrected chi connectivity index (χ4v) is 6.40. The molecule has 0 aliphatic carbocycles. The van der Waals surface area contributed by atoms with E-state index in [1.807, 2.05) is 88.4 Å². The molecule has 0 spiro atoms. The van der Waals surface area contributed by atoms with Gasteiger partial charge in [-0.3, -0.25) is 9.56 Å². The Morgan fingerprint density at radius 2 is 1.41 bits per heavy atom. The van der Waals surface area contributed by atoms with Gasteiger partial charge in [0.15, 0.2) is 0 Å². The van der Waals surface area contributed by atoms with Crippen molar-refractivity contribution >= 4 is 13.1 Å². The summed E-state index contributed by atoms with van der Waals surface area (Å²) < 4.78 is 32.5. The highest BCUT2D eigenvalue weighted by Crippen LogP contribution is 2.65. The summed E-state index contributed by atoms with van der Waals surface area (Å²) in [5, 5.41) is 0. The highest BCUT2D eigenvalue weighted by Gasteiger charge is 2.53. The maximum atomic E-state index is 14.6. The minimum absolute atomic E-state index is 0.251. The van der Waals surface area contributed by atoms with Crippen LogP contribution in [-0.2, 0) is 18.6 Å². The van der Waals surface area contributed by atoms with Crippen LogP contribution < -0.4 is 0 Å². The van der Waals surface area contributed by atoms with Crippen molar-refractivity contribution in [2.75, 3.05) is 19.8 Å². The smallest absolute Gasteiger partial charge is 0.284 e. The van der Waals surface area contributed by atoms with Crippen LogP contribution in [0.5, 0.6) is 0 Å². The van der Waals surface area contributed by atoms with Crippen molar-refractivity contribution < 1.29 is 18.6 Å². The lowest BCUT2D eigenvalue weighted by Gasteiger charge is -2.39. The summed E-state index contributed by atoms with van der Waals surface area (Å²) in [5.74, 6) is -0.724. The lowest BCUT2D eigenvalue weighted by Crippen LogP contribution is -2.37. The molecule has 0 radical (unpaired) electrons. The molecular weight excluding hydrogens is 421 g/mol. The number of ether oxygens (including phenoxy) is 2. The Morgan fingerprint density at radius 3 is 1.78 bits per heavy atom. The van der Waals surface area contributed by atoms with Crippen molar-refractivity contribution in [2.24, 2.45) is 4.99 Å². The number of nitrogens with zero attached hydrogens (tertiary/aromatic N) is 1. The Hall–Kier alpha value is -2.04. The molecule has 0 heterocycles. The molecule has 2 atom stereocenters. The third kappa shape index (κ3) is 6.26. The van der Waals surface area contributed by atoms with Gasteiger partial charge >= 0.3 is 0 Å². The van der Waals surface area contributed by atoms with Crippen LogP contribution in [0.3, 0.4) is 0 Å². The van der Waals surface area contributed by atoms with Gasteiger partial charge in [0.2, 0.25) is 5.53 Å². The summed E-state index contributed by atoms with van der Waals surface area (Å²) in [7, 11) is -3.63. The van der Waals surface area contributed by atoms with Gasteiger partial charge in [0.25, 0.3) is 7.37 Å². The first-order chi connectivity index (χ1) is 15.3. The average molecular weight is 458 g/mol. The van der Waals surface area contributed by atoms with E-state index in [4.69, 9.17) is 19.0 Å². The predicted octanol–water partition coefficient (Wildman–Crippen LogP) is 6.88. The topological polar surface area (TPSA) is 57.1 Å². The summed E-state index contributed by atoms with van der Waals surface area (Å²) in [6, 6.07) is 19.8. The van der Waals surface area contributed by atoms with E-state index in [1.54, 1.807) is 6.92 Å². The van der Waals surface area contributed by atoms with Gasteiger partial charge in [0.05, 0.1) is 12.3 Å². The summed E-state index contributed by atoms with van der Waals surface area (Å²) in [5.41, 5.74) is 2.04. The van der Waals surface area contributed by atoms with E-state index in [1.165, 1.54) is 0 Å². The molecule has 1 unspecified atom stereocenters. The van der Waals surface area contributed by atoms with Crippen molar-refractivity contribution in [3.63, 3.8) is 0 Å². The number of hydrogen-bond donors (Lipinski definition) is 0. The number of hydrogen-bond acceptors (Lipinski definition) is 5. The molecule has 5 nitrogen and oxygen atoms in total. The van der Waals surface area contributed by atoms with Crippen LogP contribution in [0.25, 0.3) is 0 Å². The zero-order valence-electron chi connectivity index (χ0n) is 19.9. The average Bonchev–Trinajstić information content (AvgIpc) is 2.78. The summed E-state index contributed by atoms with van der Waals surface area (Å²) in [4.78, 5) is 5.09. The molecule has 2 rings (SSSR count). The largest absolute Gasteiger partial charge is 0.342 e. The van der Waals surface area contributed by atoms with Gasteiger partial charge in [-0.2, -0.15) is 0 Å². The van der Waals surface area contributed by atoms with Gasteiger partial charge in [-0.1, -0.05) is 66.2 Å². The van der Waals surface area contributed by atoms with Crippen LogP contribution >= 0.6 is 7.37 Å². The van der Waals surface area contributed by atoms with Crippen molar-refractivity contribution in [3.05, 3.63) is 83.9 Å². The summed E-state index contributed by atoms with van der Waals surface area (Å²) in [6.45, 7) is 14.1. The van der Waals surface area contributed by atoms with Gasteiger partial charge in [0.1, 0.15) is 5.78 Å². The van der Waals surface area contributed by atoms with Crippen molar-refractivity contribution in [3.8, 4) is 0 Å². The summed E-state index contributed by atoms with van der Waals surface area (Å²) in [6.07, 6.45) is 0.385. The molecule has 0 fully saturated rings. The highest BCUT2D eigenvalue weighted by molar-refractivity contribution is 7.61. The molecule has 2 aromatic carbocycles. The SMILES string of the molecule is C=C(C)C[C@@H](N=C(c1ccccc1)c1ccccc1)P(=O)(OCC)C(C)(OCC)OCC. The molecular formula is C26H36NO4P. The van der Waals surface area contributed by atoms with Crippen molar-refractivity contribution in [1.29, 1.82) is 0 Å². The molecule has 174 valence electrons. The highest BCUT2D eigenvalue weighted by atomic mass is 31.2. The lowest BCUT2D eigenvalue weighted by atomic mass is 10.0. The molecule has 6 heteroatoms. The molecule has 0 amide bonds. The molecule has 32 heavy (non-hydrogen) atoms. The molecule has 0 aliphatic rings. The maximum absolute atomic E-state index is 14.6. The zero-order chi connectivity index (χ0) is 23.6. The van der Waals surface area contributed by atoms with E-state index < -0.39 is 18.7 Å². The van der Waals surface area contributed by atoms with Gasteiger partial charge in [-0.25, -0.2) is 0 Å². The lowest BCUT2D eigenvalue weighted by molar-refractivity contribution is -0.168. The first-order valence-corrected chi connectivity index (χ1v) is 12.9. The molecule has 0 aliphatic heterocycles. The summed E-state index contributed by atoms with van der Waals surface area (Å²) >= 11 is 0. The van der Waals surface area contributed by atoms with Gasteiger partial charge < -0.3 is 14.0 Å². The van der Waals surface area contributed by atoms with Gasteiger partial charge in [-0.05, 0) is 41.0 Å². The predicted molar refractivity (Wildman–Crippen MR) is 133 cm³/mol. The second-order valence-corrected chi connectivity index (χ2v) is 10.5. The van der Waals surface area contributed by atoms with Gasteiger partial charge in [0, 0.05) is 24.3 Å². The molecule has 2 aromatic rings.